The van der Waals surface area contributed by atoms with Crippen molar-refractivity contribution in [3.8, 4) is 0 Å². The third-order valence-electron chi connectivity index (χ3n) is 2.91. The maximum absolute atomic E-state index is 3.63. The van der Waals surface area contributed by atoms with Crippen LogP contribution in [0.2, 0.25) is 0 Å². The van der Waals surface area contributed by atoms with E-state index in [4.69, 9.17) is 0 Å². The molecule has 0 atom stereocenters. The van der Waals surface area contributed by atoms with Crippen LogP contribution in [0.25, 0.3) is 0 Å². The predicted molar refractivity (Wildman–Crippen MR) is 69.4 cm³/mol. The van der Waals surface area contributed by atoms with Crippen LogP contribution in [0.15, 0.2) is 15.9 Å². The maximum Gasteiger partial charge on any atom is 0.0302 e. The molecule has 0 radical (unpaired) electrons. The number of likely N-dealkylation sites (tertiary alicyclic amines) is 1. The Morgan fingerprint density at radius 3 is 2.87 bits per heavy atom. The van der Waals surface area contributed by atoms with Gasteiger partial charge in [0, 0.05) is 27.3 Å². The summed E-state index contributed by atoms with van der Waals surface area (Å²) in [6.07, 6.45) is 2.56. The highest BCUT2D eigenvalue weighted by molar-refractivity contribution is 9.10. The highest BCUT2D eigenvalue weighted by atomic mass is 79.9. The lowest BCUT2D eigenvalue weighted by atomic mass is 10.1. The zero-order chi connectivity index (χ0) is 10.7. The van der Waals surface area contributed by atoms with Gasteiger partial charge >= 0.3 is 0 Å². The van der Waals surface area contributed by atoms with E-state index in [1.165, 1.54) is 35.3 Å². The lowest BCUT2D eigenvalue weighted by Gasteiger charge is -2.29. The topological polar surface area (TPSA) is 15.3 Å². The molecule has 1 aromatic rings. The lowest BCUT2D eigenvalue weighted by molar-refractivity contribution is 0.234. The number of hydrogen-bond acceptors (Lipinski definition) is 3. The molecule has 0 spiro atoms. The Balaban J connectivity index is 1.74. The van der Waals surface area contributed by atoms with Crippen LogP contribution < -0.4 is 5.32 Å². The van der Waals surface area contributed by atoms with Crippen molar-refractivity contribution in [1.29, 1.82) is 0 Å². The molecule has 1 aliphatic heterocycles. The van der Waals surface area contributed by atoms with E-state index < -0.39 is 0 Å². The van der Waals surface area contributed by atoms with E-state index in [-0.39, 0.29) is 0 Å². The molecule has 1 fully saturated rings. The van der Waals surface area contributed by atoms with Crippen LogP contribution in [0.1, 0.15) is 17.7 Å². The number of rotatable bonds is 3. The fourth-order valence-corrected chi connectivity index (χ4v) is 3.31. The summed E-state index contributed by atoms with van der Waals surface area (Å²) in [7, 11) is 2.20. The van der Waals surface area contributed by atoms with Crippen LogP contribution in [0.5, 0.6) is 0 Å². The number of halogens is 1. The first kappa shape index (κ1) is 11.6. The molecular weight excluding hydrogens is 272 g/mol. The van der Waals surface area contributed by atoms with Gasteiger partial charge in [-0.05, 0) is 55.0 Å². The SMILES string of the molecule is CN1CCC(NCc2cc(Br)cs2)CC1. The molecule has 4 heteroatoms. The summed E-state index contributed by atoms with van der Waals surface area (Å²) >= 11 is 5.30. The van der Waals surface area contributed by atoms with Crippen molar-refractivity contribution >= 4 is 27.3 Å². The van der Waals surface area contributed by atoms with Gasteiger partial charge in [0.1, 0.15) is 0 Å². The van der Waals surface area contributed by atoms with Crippen molar-refractivity contribution in [2.75, 3.05) is 20.1 Å². The Labute approximate surface area is 104 Å². The number of thiophene rings is 1. The summed E-state index contributed by atoms with van der Waals surface area (Å²) in [6.45, 7) is 3.47. The quantitative estimate of drug-likeness (QED) is 0.920. The molecule has 15 heavy (non-hydrogen) atoms. The molecule has 1 N–H and O–H groups in total. The minimum atomic E-state index is 0.710. The first-order chi connectivity index (χ1) is 7.24. The molecule has 1 aromatic heterocycles. The van der Waals surface area contributed by atoms with E-state index >= 15 is 0 Å². The fraction of sp³-hybridized carbons (Fsp3) is 0.636. The van der Waals surface area contributed by atoms with E-state index in [1.54, 1.807) is 0 Å². The van der Waals surface area contributed by atoms with Crippen molar-refractivity contribution in [2.45, 2.75) is 25.4 Å². The van der Waals surface area contributed by atoms with Crippen LogP contribution in [0.3, 0.4) is 0 Å². The average Bonchev–Trinajstić information content (AvgIpc) is 2.64. The van der Waals surface area contributed by atoms with Gasteiger partial charge in [0.15, 0.2) is 0 Å². The minimum absolute atomic E-state index is 0.710. The molecule has 1 aliphatic rings. The summed E-state index contributed by atoms with van der Waals surface area (Å²) in [5.41, 5.74) is 0. The summed E-state index contributed by atoms with van der Waals surface area (Å²) < 4.78 is 1.20. The highest BCUT2D eigenvalue weighted by Crippen LogP contribution is 2.20. The van der Waals surface area contributed by atoms with Gasteiger partial charge in [-0.2, -0.15) is 0 Å². The molecule has 2 rings (SSSR count). The van der Waals surface area contributed by atoms with E-state index in [0.717, 1.165) is 6.54 Å². The van der Waals surface area contributed by atoms with Gasteiger partial charge in [0.2, 0.25) is 0 Å². The Hall–Kier alpha value is 0.1000. The van der Waals surface area contributed by atoms with Crippen molar-refractivity contribution in [2.24, 2.45) is 0 Å². The van der Waals surface area contributed by atoms with Gasteiger partial charge in [-0.15, -0.1) is 11.3 Å². The highest BCUT2D eigenvalue weighted by Gasteiger charge is 2.15. The lowest BCUT2D eigenvalue weighted by Crippen LogP contribution is -2.40. The molecule has 0 saturated carbocycles. The molecule has 0 aliphatic carbocycles. The Bertz CT molecular complexity index is 305. The first-order valence-electron chi connectivity index (χ1n) is 5.39. The fourth-order valence-electron chi connectivity index (χ4n) is 1.90. The second kappa shape index (κ2) is 5.43. The Kier molecular flexibility index (Phi) is 4.20. The van der Waals surface area contributed by atoms with E-state index in [9.17, 15) is 0 Å². The van der Waals surface area contributed by atoms with Crippen molar-refractivity contribution < 1.29 is 0 Å². The van der Waals surface area contributed by atoms with Crippen LogP contribution in [0.4, 0.5) is 0 Å². The molecule has 0 bridgehead atoms. The van der Waals surface area contributed by atoms with Crippen molar-refractivity contribution in [3.63, 3.8) is 0 Å². The zero-order valence-corrected chi connectivity index (χ0v) is 11.4. The predicted octanol–water partition coefficient (Wildman–Crippen LogP) is 2.69. The molecule has 1 saturated heterocycles. The van der Waals surface area contributed by atoms with Crippen molar-refractivity contribution in [3.05, 3.63) is 20.8 Å². The maximum atomic E-state index is 3.63. The van der Waals surface area contributed by atoms with E-state index in [0.29, 0.717) is 6.04 Å². The molecular formula is C11H17BrN2S. The molecule has 0 unspecified atom stereocenters. The molecule has 0 amide bonds. The summed E-state index contributed by atoms with van der Waals surface area (Å²) in [5, 5.41) is 5.78. The smallest absolute Gasteiger partial charge is 0.0302 e. The molecule has 84 valence electrons. The number of nitrogens with zero attached hydrogens (tertiary/aromatic N) is 1. The third-order valence-corrected chi connectivity index (χ3v) is 4.60. The van der Waals surface area contributed by atoms with Crippen LogP contribution in [-0.4, -0.2) is 31.1 Å². The molecule has 0 aromatic carbocycles. The van der Waals surface area contributed by atoms with Crippen LogP contribution in [0, 0.1) is 0 Å². The average molecular weight is 289 g/mol. The zero-order valence-electron chi connectivity index (χ0n) is 9.00. The third kappa shape index (κ3) is 3.55. The molecule has 2 heterocycles. The van der Waals surface area contributed by atoms with Crippen LogP contribution >= 0.6 is 27.3 Å². The normalized spacial score (nSPS) is 19.6. The first-order valence-corrected chi connectivity index (χ1v) is 7.06. The standard InChI is InChI=1S/C11H17BrN2S/c1-14-4-2-10(3-5-14)13-7-11-6-9(12)8-15-11/h6,8,10,13H,2-5,7H2,1H3. The number of hydrogen-bond donors (Lipinski definition) is 1. The second-order valence-corrected chi connectivity index (χ2v) is 6.10. The summed E-state index contributed by atoms with van der Waals surface area (Å²) in [5.74, 6) is 0. The monoisotopic (exact) mass is 288 g/mol. The van der Waals surface area contributed by atoms with Gasteiger partial charge in [-0.3, -0.25) is 0 Å². The summed E-state index contributed by atoms with van der Waals surface area (Å²) in [4.78, 5) is 3.82. The minimum Gasteiger partial charge on any atom is -0.309 e. The van der Waals surface area contributed by atoms with E-state index in [2.05, 4.69) is 44.6 Å². The Morgan fingerprint density at radius 1 is 1.53 bits per heavy atom. The van der Waals surface area contributed by atoms with Gasteiger partial charge < -0.3 is 10.2 Å². The largest absolute Gasteiger partial charge is 0.309 e. The molecule has 2 nitrogen and oxygen atoms in total. The van der Waals surface area contributed by atoms with E-state index in [1.807, 2.05) is 11.3 Å². The Morgan fingerprint density at radius 2 is 2.27 bits per heavy atom. The van der Waals surface area contributed by atoms with Gasteiger partial charge in [0.05, 0.1) is 0 Å². The van der Waals surface area contributed by atoms with Crippen LogP contribution in [-0.2, 0) is 6.54 Å². The number of nitrogens with one attached hydrogen (secondary N) is 1. The van der Waals surface area contributed by atoms with Gasteiger partial charge in [0.25, 0.3) is 0 Å². The van der Waals surface area contributed by atoms with Gasteiger partial charge in [-0.1, -0.05) is 0 Å². The summed E-state index contributed by atoms with van der Waals surface area (Å²) in [6, 6.07) is 2.91. The van der Waals surface area contributed by atoms with Crippen molar-refractivity contribution in [1.82, 2.24) is 10.2 Å². The number of piperidine rings is 1. The second-order valence-electron chi connectivity index (χ2n) is 4.19. The van der Waals surface area contributed by atoms with Gasteiger partial charge in [-0.25, -0.2) is 0 Å².